The molecule has 0 aromatic carbocycles. The zero-order valence-electron chi connectivity index (χ0n) is 16.4. The van der Waals surface area contributed by atoms with E-state index in [4.69, 9.17) is 4.74 Å². The Balaban J connectivity index is 1.55. The normalized spacial score (nSPS) is 31.5. The molecule has 4 rings (SSSR count). The van der Waals surface area contributed by atoms with Crippen molar-refractivity contribution in [3.8, 4) is 0 Å². The van der Waals surface area contributed by atoms with Gasteiger partial charge < -0.3 is 14.5 Å². The van der Waals surface area contributed by atoms with E-state index >= 15 is 0 Å². The molecule has 2 amide bonds. The number of ether oxygens (including phenoxy) is 1. The maximum atomic E-state index is 13.2. The summed E-state index contributed by atoms with van der Waals surface area (Å²) in [6.45, 7) is 7.97. The van der Waals surface area contributed by atoms with Crippen LogP contribution in [0, 0.1) is 17.3 Å². The molecular weight excluding hydrogens is 342 g/mol. The molecule has 0 aliphatic carbocycles. The average Bonchev–Trinajstić information content (AvgIpc) is 3.22. The molecule has 144 valence electrons. The van der Waals surface area contributed by atoms with Gasteiger partial charge in [-0.1, -0.05) is 39.0 Å². The highest BCUT2D eigenvalue weighted by Crippen LogP contribution is 2.52. The zero-order chi connectivity index (χ0) is 19.4. The van der Waals surface area contributed by atoms with Gasteiger partial charge in [0.1, 0.15) is 5.60 Å². The first kappa shape index (κ1) is 18.2. The van der Waals surface area contributed by atoms with Crippen LogP contribution in [0.5, 0.6) is 0 Å². The van der Waals surface area contributed by atoms with E-state index in [0.29, 0.717) is 19.6 Å². The number of fused-ring (bicyclic) bond motifs is 1. The van der Waals surface area contributed by atoms with Gasteiger partial charge in [-0.2, -0.15) is 0 Å². The van der Waals surface area contributed by atoms with E-state index in [-0.39, 0.29) is 23.3 Å². The Kier molecular flexibility index (Phi) is 4.14. The maximum Gasteiger partial charge on any atom is 0.230 e. The fourth-order valence-electron chi connectivity index (χ4n) is 4.63. The van der Waals surface area contributed by atoms with Gasteiger partial charge in [-0.25, -0.2) is 0 Å². The third-order valence-corrected chi connectivity index (χ3v) is 5.63. The number of hydrogen-bond acceptors (Lipinski definition) is 4. The van der Waals surface area contributed by atoms with Crippen LogP contribution >= 0.6 is 0 Å². The van der Waals surface area contributed by atoms with E-state index in [1.54, 1.807) is 18.1 Å². The molecule has 2 bridgehead atoms. The quantitative estimate of drug-likeness (QED) is 0.760. The van der Waals surface area contributed by atoms with Crippen LogP contribution < -0.4 is 0 Å². The predicted molar refractivity (Wildman–Crippen MR) is 100 cm³/mol. The van der Waals surface area contributed by atoms with Gasteiger partial charge in [-0.15, -0.1) is 0 Å². The fourth-order valence-corrected chi connectivity index (χ4v) is 4.63. The lowest BCUT2D eigenvalue weighted by Gasteiger charge is -2.29. The third-order valence-electron chi connectivity index (χ3n) is 5.63. The SMILES string of the molecule is CN(Cc1ccccn1)C(=O)[C@@H]1[C@@H]2C=C[C@@]3(CN(CC(C)(C)C)C(=O)[C@H]13)O2. The highest BCUT2D eigenvalue weighted by molar-refractivity contribution is 5.93. The summed E-state index contributed by atoms with van der Waals surface area (Å²) in [6.07, 6.45) is 5.37. The molecule has 0 unspecified atom stereocenters. The Hall–Kier alpha value is -2.21. The summed E-state index contributed by atoms with van der Waals surface area (Å²) >= 11 is 0. The minimum atomic E-state index is -0.640. The molecule has 2 fully saturated rings. The van der Waals surface area contributed by atoms with Crippen molar-refractivity contribution in [2.24, 2.45) is 17.3 Å². The number of nitrogens with zero attached hydrogens (tertiary/aromatic N) is 3. The highest BCUT2D eigenvalue weighted by Gasteiger charge is 2.67. The largest absolute Gasteiger partial charge is 0.360 e. The zero-order valence-corrected chi connectivity index (χ0v) is 16.4. The lowest BCUT2D eigenvalue weighted by molar-refractivity contribution is -0.143. The summed E-state index contributed by atoms with van der Waals surface area (Å²) in [4.78, 5) is 34.2. The van der Waals surface area contributed by atoms with Crippen molar-refractivity contribution >= 4 is 11.8 Å². The number of aromatic nitrogens is 1. The third kappa shape index (κ3) is 3.06. The summed E-state index contributed by atoms with van der Waals surface area (Å²) in [7, 11) is 1.77. The van der Waals surface area contributed by atoms with Gasteiger partial charge in [0.2, 0.25) is 11.8 Å². The molecular formula is C21H27N3O3. The van der Waals surface area contributed by atoms with Crippen LogP contribution in [0.4, 0.5) is 0 Å². The fraction of sp³-hybridized carbons (Fsp3) is 0.571. The van der Waals surface area contributed by atoms with Crippen molar-refractivity contribution < 1.29 is 14.3 Å². The monoisotopic (exact) mass is 369 g/mol. The van der Waals surface area contributed by atoms with E-state index in [1.807, 2.05) is 35.3 Å². The van der Waals surface area contributed by atoms with Gasteiger partial charge in [0.05, 0.1) is 36.7 Å². The standard InChI is InChI=1S/C21H27N3O3/c1-20(2,3)12-24-13-21-9-8-15(27-21)16(17(21)19(24)26)18(25)23(4)11-14-7-5-6-10-22-14/h5-10,15-17H,11-13H2,1-4H3/t15-,16+,17-,21-/m0/s1. The highest BCUT2D eigenvalue weighted by atomic mass is 16.5. The molecule has 1 aromatic rings. The minimum absolute atomic E-state index is 0.00192. The van der Waals surface area contributed by atoms with Gasteiger partial charge in [0.25, 0.3) is 0 Å². The van der Waals surface area contributed by atoms with Crippen LogP contribution in [0.15, 0.2) is 36.5 Å². The number of carbonyl (C=O) groups is 2. The van der Waals surface area contributed by atoms with E-state index in [0.717, 1.165) is 5.69 Å². The summed E-state index contributed by atoms with van der Waals surface area (Å²) in [5.41, 5.74) is 0.191. The second kappa shape index (κ2) is 6.16. The summed E-state index contributed by atoms with van der Waals surface area (Å²) < 4.78 is 6.20. The van der Waals surface area contributed by atoms with E-state index < -0.39 is 17.4 Å². The van der Waals surface area contributed by atoms with Crippen LogP contribution in [-0.2, 0) is 20.9 Å². The molecule has 6 nitrogen and oxygen atoms in total. The topological polar surface area (TPSA) is 62.7 Å². The first-order chi connectivity index (χ1) is 12.7. The smallest absolute Gasteiger partial charge is 0.230 e. The van der Waals surface area contributed by atoms with Crippen molar-refractivity contribution in [3.63, 3.8) is 0 Å². The Morgan fingerprint density at radius 2 is 2.19 bits per heavy atom. The van der Waals surface area contributed by atoms with E-state index in [9.17, 15) is 9.59 Å². The second-order valence-corrected chi connectivity index (χ2v) is 9.17. The van der Waals surface area contributed by atoms with Gasteiger partial charge in [0, 0.05) is 19.8 Å². The molecule has 27 heavy (non-hydrogen) atoms. The molecule has 1 spiro atoms. The number of hydrogen-bond donors (Lipinski definition) is 0. The van der Waals surface area contributed by atoms with Crippen molar-refractivity contribution in [3.05, 3.63) is 42.2 Å². The number of rotatable bonds is 4. The van der Waals surface area contributed by atoms with Gasteiger partial charge >= 0.3 is 0 Å². The lowest BCUT2D eigenvalue weighted by Crippen LogP contribution is -2.45. The molecule has 4 atom stereocenters. The van der Waals surface area contributed by atoms with Crippen molar-refractivity contribution in [1.29, 1.82) is 0 Å². The molecule has 3 aliphatic rings. The molecule has 0 N–H and O–H groups in total. The molecule has 3 aliphatic heterocycles. The lowest BCUT2D eigenvalue weighted by atomic mass is 9.76. The van der Waals surface area contributed by atoms with Crippen molar-refractivity contribution in [2.45, 2.75) is 39.0 Å². The maximum absolute atomic E-state index is 13.2. The number of carbonyl (C=O) groups excluding carboxylic acids is 2. The predicted octanol–water partition coefficient (Wildman–Crippen LogP) is 1.87. The average molecular weight is 369 g/mol. The summed E-state index contributed by atoms with van der Waals surface area (Å²) in [5, 5.41) is 0. The Labute approximate surface area is 160 Å². The van der Waals surface area contributed by atoms with Gasteiger partial charge in [-0.3, -0.25) is 14.6 Å². The van der Waals surface area contributed by atoms with Crippen LogP contribution in [0.3, 0.4) is 0 Å². The molecule has 2 saturated heterocycles. The Morgan fingerprint density at radius 3 is 2.85 bits per heavy atom. The van der Waals surface area contributed by atoms with Crippen molar-refractivity contribution in [2.75, 3.05) is 20.1 Å². The molecule has 0 radical (unpaired) electrons. The molecule has 1 aromatic heterocycles. The Bertz CT molecular complexity index is 786. The molecule has 4 heterocycles. The second-order valence-electron chi connectivity index (χ2n) is 9.17. The number of amides is 2. The van der Waals surface area contributed by atoms with E-state index in [1.165, 1.54) is 0 Å². The first-order valence-corrected chi connectivity index (χ1v) is 9.51. The molecule has 6 heteroatoms. The van der Waals surface area contributed by atoms with Crippen LogP contribution in [0.1, 0.15) is 26.5 Å². The van der Waals surface area contributed by atoms with Gasteiger partial charge in [-0.05, 0) is 17.5 Å². The van der Waals surface area contributed by atoms with Crippen molar-refractivity contribution in [1.82, 2.24) is 14.8 Å². The minimum Gasteiger partial charge on any atom is -0.360 e. The number of likely N-dealkylation sites (tertiary alicyclic amines) is 1. The summed E-state index contributed by atoms with van der Waals surface area (Å²) in [6, 6.07) is 5.66. The summed E-state index contributed by atoms with van der Waals surface area (Å²) in [5.74, 6) is -0.885. The van der Waals surface area contributed by atoms with Gasteiger partial charge in [0.15, 0.2) is 0 Å². The number of pyridine rings is 1. The van der Waals surface area contributed by atoms with Crippen LogP contribution in [0.2, 0.25) is 0 Å². The molecule has 0 saturated carbocycles. The first-order valence-electron chi connectivity index (χ1n) is 9.51. The van der Waals surface area contributed by atoms with E-state index in [2.05, 4.69) is 25.8 Å². The van der Waals surface area contributed by atoms with Crippen LogP contribution in [-0.4, -0.2) is 58.4 Å². The van der Waals surface area contributed by atoms with Crippen LogP contribution in [0.25, 0.3) is 0 Å². The Morgan fingerprint density at radius 1 is 1.41 bits per heavy atom.